The second kappa shape index (κ2) is 10.0. The summed E-state index contributed by atoms with van der Waals surface area (Å²) < 4.78 is 9.56. The molecule has 27 heavy (non-hydrogen) atoms. The Hall–Kier alpha value is -2.43. The van der Waals surface area contributed by atoms with Crippen LogP contribution in [0.15, 0.2) is 0 Å². The zero-order valence-corrected chi connectivity index (χ0v) is 17.0. The van der Waals surface area contributed by atoms with Gasteiger partial charge in [-0.15, -0.1) is 5.06 Å². The van der Waals surface area contributed by atoms with Crippen LogP contribution < -0.4 is 5.32 Å². The molecular weight excluding hydrogens is 376 g/mol. The van der Waals surface area contributed by atoms with Crippen LogP contribution >= 0.6 is 0 Å². The summed E-state index contributed by atoms with van der Waals surface area (Å²) in [5.74, 6) is -2.91. The van der Waals surface area contributed by atoms with Crippen LogP contribution in [-0.2, 0) is 33.5 Å². The molecular formula is C16H26N2O8Si. The van der Waals surface area contributed by atoms with Crippen LogP contribution in [0.3, 0.4) is 0 Å². The predicted octanol–water partition coefficient (Wildman–Crippen LogP) is 0.980. The topological polar surface area (TPSA) is 128 Å². The van der Waals surface area contributed by atoms with Gasteiger partial charge in [0.25, 0.3) is 11.8 Å². The van der Waals surface area contributed by atoms with E-state index < -0.39 is 44.0 Å². The molecule has 0 aliphatic carbocycles. The van der Waals surface area contributed by atoms with Gasteiger partial charge >= 0.3 is 18.0 Å². The number of nitrogens with one attached hydrogen (secondary N) is 1. The fourth-order valence-electron chi connectivity index (χ4n) is 2.06. The van der Waals surface area contributed by atoms with Crippen molar-refractivity contribution in [2.75, 3.05) is 13.7 Å². The van der Waals surface area contributed by atoms with E-state index in [9.17, 15) is 24.0 Å². The number of hydroxylamine groups is 2. The number of esters is 1. The van der Waals surface area contributed by atoms with Gasteiger partial charge in [-0.2, -0.15) is 0 Å². The monoisotopic (exact) mass is 402 g/mol. The minimum absolute atomic E-state index is 0.0505. The van der Waals surface area contributed by atoms with Crippen molar-refractivity contribution in [2.45, 2.75) is 57.4 Å². The summed E-state index contributed by atoms with van der Waals surface area (Å²) >= 11 is 0. The molecule has 1 N–H and O–H groups in total. The van der Waals surface area contributed by atoms with Gasteiger partial charge in [0.1, 0.15) is 6.04 Å². The lowest BCUT2D eigenvalue weighted by molar-refractivity contribution is -0.199. The molecule has 1 atom stereocenters. The first kappa shape index (κ1) is 22.6. The van der Waals surface area contributed by atoms with E-state index in [-0.39, 0.29) is 32.3 Å². The third kappa shape index (κ3) is 8.20. The van der Waals surface area contributed by atoms with Crippen LogP contribution in [0, 0.1) is 0 Å². The van der Waals surface area contributed by atoms with Crippen molar-refractivity contribution < 1.29 is 38.3 Å². The summed E-state index contributed by atoms with van der Waals surface area (Å²) in [6, 6.07) is -0.529. The van der Waals surface area contributed by atoms with Gasteiger partial charge in [0.15, 0.2) is 0 Å². The molecule has 1 rings (SSSR count). The third-order valence-electron chi connectivity index (χ3n) is 3.71. The number of imide groups is 1. The molecule has 1 aliphatic rings. The lowest BCUT2D eigenvalue weighted by atomic mass is 10.1. The van der Waals surface area contributed by atoms with E-state index in [0.717, 1.165) is 6.04 Å². The molecule has 1 fully saturated rings. The zero-order chi connectivity index (χ0) is 20.6. The highest BCUT2D eigenvalue weighted by molar-refractivity contribution is 6.76. The Balaban J connectivity index is 2.66. The first-order valence-electron chi connectivity index (χ1n) is 8.61. The molecule has 11 heteroatoms. The second-order valence-corrected chi connectivity index (χ2v) is 12.9. The van der Waals surface area contributed by atoms with Crippen LogP contribution in [-0.4, -0.2) is 62.7 Å². The summed E-state index contributed by atoms with van der Waals surface area (Å²) in [5.41, 5.74) is 0. The standard InChI is InChI=1S/C16H26N2O8Si/c1-24-14(21)8-5-11(17-16(23)25-9-10-27(2,3)4)15(22)26-18-12(19)6-7-13(18)20/h11H,5-10H2,1-4H3,(H,17,23)/t11-/m1/s1. The number of alkyl carbamates (subject to hydrolysis) is 1. The molecule has 1 saturated heterocycles. The van der Waals surface area contributed by atoms with Crippen molar-refractivity contribution >= 4 is 37.9 Å². The highest BCUT2D eigenvalue weighted by atomic mass is 28.3. The molecule has 0 bridgehead atoms. The fourth-order valence-corrected chi connectivity index (χ4v) is 2.77. The van der Waals surface area contributed by atoms with Gasteiger partial charge in [-0.05, 0) is 12.5 Å². The Morgan fingerprint density at radius 1 is 1.15 bits per heavy atom. The molecule has 3 amide bonds. The molecule has 0 unspecified atom stereocenters. The largest absolute Gasteiger partial charge is 0.469 e. The number of rotatable bonds is 9. The smallest absolute Gasteiger partial charge is 0.407 e. The van der Waals surface area contributed by atoms with E-state index in [2.05, 4.69) is 29.7 Å². The third-order valence-corrected chi connectivity index (χ3v) is 5.42. The normalized spacial score (nSPS) is 15.3. The summed E-state index contributed by atoms with van der Waals surface area (Å²) in [7, 11) is -0.211. The van der Waals surface area contributed by atoms with E-state index in [1.807, 2.05) is 0 Å². The Bertz CT molecular complexity index is 586. The minimum Gasteiger partial charge on any atom is -0.469 e. The zero-order valence-electron chi connectivity index (χ0n) is 16.0. The van der Waals surface area contributed by atoms with Gasteiger partial charge in [-0.3, -0.25) is 14.4 Å². The molecule has 1 heterocycles. The molecule has 10 nitrogen and oxygen atoms in total. The number of ether oxygens (including phenoxy) is 2. The van der Waals surface area contributed by atoms with E-state index in [1.54, 1.807) is 0 Å². The fraction of sp³-hybridized carbons (Fsp3) is 0.688. The van der Waals surface area contributed by atoms with Crippen molar-refractivity contribution in [1.82, 2.24) is 10.4 Å². The maximum atomic E-state index is 12.3. The second-order valence-electron chi connectivity index (χ2n) is 7.25. The SMILES string of the molecule is COC(=O)CC[C@@H](NC(=O)OCC[Si](C)(C)C)C(=O)ON1C(=O)CCC1=O. The molecule has 0 saturated carbocycles. The average Bonchev–Trinajstić information content (AvgIpc) is 2.88. The maximum Gasteiger partial charge on any atom is 0.407 e. The predicted molar refractivity (Wildman–Crippen MR) is 94.9 cm³/mol. The van der Waals surface area contributed by atoms with Crippen LogP contribution in [0.4, 0.5) is 4.79 Å². The first-order valence-corrected chi connectivity index (χ1v) is 12.3. The van der Waals surface area contributed by atoms with Gasteiger partial charge < -0.3 is 19.6 Å². The number of carbonyl (C=O) groups excluding carboxylic acids is 5. The van der Waals surface area contributed by atoms with Crippen LogP contribution in [0.2, 0.25) is 25.7 Å². The van der Waals surface area contributed by atoms with Crippen molar-refractivity contribution in [1.29, 1.82) is 0 Å². The number of amides is 3. The maximum absolute atomic E-state index is 12.3. The van der Waals surface area contributed by atoms with Gasteiger partial charge in [-0.1, -0.05) is 19.6 Å². The Kier molecular flexibility index (Phi) is 8.41. The molecule has 0 radical (unpaired) electrons. The van der Waals surface area contributed by atoms with Gasteiger partial charge in [0, 0.05) is 27.3 Å². The minimum atomic E-state index is -1.40. The van der Waals surface area contributed by atoms with Crippen LogP contribution in [0.5, 0.6) is 0 Å². The first-order chi connectivity index (χ1) is 12.5. The van der Waals surface area contributed by atoms with Crippen LogP contribution in [0.1, 0.15) is 25.7 Å². The molecule has 152 valence electrons. The lowest BCUT2D eigenvalue weighted by Gasteiger charge is -2.20. The molecule has 0 aromatic rings. The lowest BCUT2D eigenvalue weighted by Crippen LogP contribution is -2.46. The summed E-state index contributed by atoms with van der Waals surface area (Å²) in [6.45, 7) is 6.56. The average molecular weight is 402 g/mol. The van der Waals surface area contributed by atoms with Gasteiger partial charge in [0.05, 0.1) is 13.7 Å². The Morgan fingerprint density at radius 3 is 2.26 bits per heavy atom. The Labute approximate surface area is 158 Å². The van der Waals surface area contributed by atoms with Gasteiger partial charge in [0.2, 0.25) is 0 Å². The number of methoxy groups -OCH3 is 1. The van der Waals surface area contributed by atoms with Crippen LogP contribution in [0.25, 0.3) is 0 Å². The van der Waals surface area contributed by atoms with E-state index in [0.29, 0.717) is 5.06 Å². The van der Waals surface area contributed by atoms with E-state index >= 15 is 0 Å². The summed E-state index contributed by atoms with van der Waals surface area (Å²) in [6.07, 6.45) is -1.26. The molecule has 1 aliphatic heterocycles. The molecule has 0 spiro atoms. The quantitative estimate of drug-likeness (QED) is 0.343. The summed E-state index contributed by atoms with van der Waals surface area (Å²) in [5, 5.41) is 2.69. The highest BCUT2D eigenvalue weighted by Crippen LogP contribution is 2.14. The van der Waals surface area contributed by atoms with E-state index in [4.69, 9.17) is 9.57 Å². The van der Waals surface area contributed by atoms with Gasteiger partial charge in [-0.25, -0.2) is 9.59 Å². The van der Waals surface area contributed by atoms with Crippen molar-refractivity contribution in [3.05, 3.63) is 0 Å². The number of hydrogen-bond donors (Lipinski definition) is 1. The Morgan fingerprint density at radius 2 is 1.74 bits per heavy atom. The van der Waals surface area contributed by atoms with Crippen molar-refractivity contribution in [3.63, 3.8) is 0 Å². The van der Waals surface area contributed by atoms with Crippen molar-refractivity contribution in [3.8, 4) is 0 Å². The number of hydrogen-bond acceptors (Lipinski definition) is 8. The number of nitrogens with zero attached hydrogens (tertiary/aromatic N) is 1. The number of carbonyl (C=O) groups is 5. The van der Waals surface area contributed by atoms with Crippen molar-refractivity contribution in [2.24, 2.45) is 0 Å². The molecule has 0 aromatic carbocycles. The van der Waals surface area contributed by atoms with E-state index in [1.165, 1.54) is 7.11 Å². The molecule has 0 aromatic heterocycles. The highest BCUT2D eigenvalue weighted by Gasteiger charge is 2.35. The summed E-state index contributed by atoms with van der Waals surface area (Å²) in [4.78, 5) is 63.5.